The number of rotatable bonds is 4. The Morgan fingerprint density at radius 1 is 1.29 bits per heavy atom. The Labute approximate surface area is 128 Å². The minimum atomic E-state index is 0.697. The Bertz CT molecular complexity index is 563. The summed E-state index contributed by atoms with van der Waals surface area (Å²) in [4.78, 5) is 10.7. The summed E-state index contributed by atoms with van der Waals surface area (Å²) < 4.78 is 5.37. The van der Waals surface area contributed by atoms with Crippen LogP contribution < -0.4 is 9.96 Å². The minimum Gasteiger partial charge on any atom is -0.379 e. The molecule has 0 radical (unpaired) electrons. The molecular formula is C15H19N3O2S. The van der Waals surface area contributed by atoms with Crippen molar-refractivity contribution in [1.29, 1.82) is 0 Å². The zero-order chi connectivity index (χ0) is 14.1. The van der Waals surface area contributed by atoms with Gasteiger partial charge in [-0.2, -0.15) is 0 Å². The highest BCUT2D eigenvalue weighted by molar-refractivity contribution is 7.15. The number of nitrogens with zero attached hydrogens (tertiary/aromatic N) is 3. The third-order valence-electron chi connectivity index (χ3n) is 3.99. The second kappa shape index (κ2) is 5.81. The summed E-state index contributed by atoms with van der Waals surface area (Å²) in [7, 11) is 0. The Hall–Kier alpha value is -1.34. The lowest BCUT2D eigenvalue weighted by Gasteiger charge is -2.32. The van der Waals surface area contributed by atoms with E-state index in [2.05, 4.69) is 39.6 Å². The molecule has 1 aromatic heterocycles. The topological polar surface area (TPSA) is 28.2 Å². The first-order valence-corrected chi connectivity index (χ1v) is 8.25. The van der Waals surface area contributed by atoms with Crippen molar-refractivity contribution in [1.82, 2.24) is 4.90 Å². The van der Waals surface area contributed by atoms with Gasteiger partial charge in [0.05, 0.1) is 31.7 Å². The molecule has 4 rings (SSSR count). The zero-order valence-electron chi connectivity index (χ0n) is 11.9. The van der Waals surface area contributed by atoms with Crippen LogP contribution in [0.3, 0.4) is 0 Å². The van der Waals surface area contributed by atoms with E-state index in [9.17, 15) is 0 Å². The number of hydrogen-bond donors (Lipinski definition) is 0. The predicted octanol–water partition coefficient (Wildman–Crippen LogP) is 2.05. The molecule has 1 aromatic rings. The van der Waals surface area contributed by atoms with Crippen LogP contribution in [0.15, 0.2) is 35.5 Å². The number of hydroxylamine groups is 1. The number of fused-ring (bicyclic) bond motifs is 3. The minimum absolute atomic E-state index is 0.697. The summed E-state index contributed by atoms with van der Waals surface area (Å²) in [6.07, 6.45) is 6.42. The van der Waals surface area contributed by atoms with Crippen molar-refractivity contribution in [2.75, 3.05) is 56.0 Å². The molecule has 0 spiro atoms. The molecule has 6 heteroatoms. The Balaban J connectivity index is 1.40. The smallest absolute Gasteiger partial charge is 0.122 e. The largest absolute Gasteiger partial charge is 0.379 e. The standard InChI is InChI=1S/C15H19N3O2S/c1-2-13-12-18(14-3-11-21-15(14)17(13)4-1)20-10-7-16-5-8-19-9-6-16/h1-3,11-12H,4-10H2. The van der Waals surface area contributed by atoms with Crippen LogP contribution in [0.4, 0.5) is 10.7 Å². The van der Waals surface area contributed by atoms with E-state index < -0.39 is 0 Å². The quantitative estimate of drug-likeness (QED) is 0.849. The SMILES string of the molecule is C1=CC2=CN(OCCN3CCOCC3)c3ccsc3N2C1. The van der Waals surface area contributed by atoms with Crippen LogP contribution in [-0.4, -0.2) is 50.9 Å². The number of ether oxygens (including phenoxy) is 1. The van der Waals surface area contributed by atoms with Crippen molar-refractivity contribution in [3.8, 4) is 0 Å². The first-order chi connectivity index (χ1) is 10.4. The Morgan fingerprint density at radius 3 is 3.10 bits per heavy atom. The van der Waals surface area contributed by atoms with Gasteiger partial charge in [-0.3, -0.25) is 9.74 Å². The molecule has 0 N–H and O–H groups in total. The number of thiophene rings is 1. The highest BCUT2D eigenvalue weighted by Crippen LogP contribution is 2.42. The van der Waals surface area contributed by atoms with E-state index in [0.717, 1.165) is 45.1 Å². The van der Waals surface area contributed by atoms with Gasteiger partial charge in [-0.05, 0) is 17.5 Å². The highest BCUT2D eigenvalue weighted by Gasteiger charge is 2.27. The van der Waals surface area contributed by atoms with Crippen molar-refractivity contribution in [2.24, 2.45) is 0 Å². The fraction of sp³-hybridized carbons (Fsp3) is 0.467. The summed E-state index contributed by atoms with van der Waals surface area (Å²) in [5.41, 5.74) is 2.35. The van der Waals surface area contributed by atoms with Crippen molar-refractivity contribution in [3.63, 3.8) is 0 Å². The van der Waals surface area contributed by atoms with Crippen molar-refractivity contribution < 1.29 is 9.57 Å². The summed E-state index contributed by atoms with van der Waals surface area (Å²) in [6, 6.07) is 2.13. The molecule has 21 heavy (non-hydrogen) atoms. The number of anilines is 2. The van der Waals surface area contributed by atoms with E-state index in [0.29, 0.717) is 6.61 Å². The molecule has 3 aliphatic rings. The molecule has 1 fully saturated rings. The number of morpholine rings is 1. The molecule has 112 valence electrons. The fourth-order valence-electron chi connectivity index (χ4n) is 2.84. The maximum absolute atomic E-state index is 6.00. The van der Waals surface area contributed by atoms with Crippen molar-refractivity contribution in [3.05, 3.63) is 35.5 Å². The summed E-state index contributed by atoms with van der Waals surface area (Å²) in [5, 5.41) is 5.31. The van der Waals surface area contributed by atoms with Crippen LogP contribution in [0.25, 0.3) is 0 Å². The first kappa shape index (κ1) is 13.3. The molecule has 3 aliphatic heterocycles. The Morgan fingerprint density at radius 2 is 2.19 bits per heavy atom. The van der Waals surface area contributed by atoms with Gasteiger partial charge in [0, 0.05) is 26.2 Å². The van der Waals surface area contributed by atoms with E-state index in [-0.39, 0.29) is 0 Å². The van der Waals surface area contributed by atoms with Crippen LogP contribution in [-0.2, 0) is 9.57 Å². The average Bonchev–Trinajstić information content (AvgIpc) is 3.16. The lowest BCUT2D eigenvalue weighted by Crippen LogP contribution is -2.39. The lowest BCUT2D eigenvalue weighted by atomic mass is 10.3. The molecule has 0 atom stereocenters. The van der Waals surface area contributed by atoms with Crippen LogP contribution in [0.2, 0.25) is 0 Å². The van der Waals surface area contributed by atoms with Gasteiger partial charge in [0.1, 0.15) is 10.7 Å². The van der Waals surface area contributed by atoms with Crippen molar-refractivity contribution >= 4 is 22.0 Å². The number of hydrogen-bond acceptors (Lipinski definition) is 6. The number of allylic oxidation sites excluding steroid dienone is 1. The molecule has 0 aromatic carbocycles. The van der Waals surface area contributed by atoms with E-state index in [1.165, 1.54) is 10.7 Å². The molecule has 4 heterocycles. The normalized spacial score (nSPS) is 21.4. The summed E-state index contributed by atoms with van der Waals surface area (Å²) in [5.74, 6) is 0. The van der Waals surface area contributed by atoms with Gasteiger partial charge in [-0.1, -0.05) is 6.08 Å². The monoisotopic (exact) mass is 305 g/mol. The molecule has 0 bridgehead atoms. The molecule has 0 unspecified atom stereocenters. The molecular weight excluding hydrogens is 286 g/mol. The van der Waals surface area contributed by atoms with Crippen molar-refractivity contribution in [2.45, 2.75) is 0 Å². The van der Waals surface area contributed by atoms with Crippen LogP contribution >= 0.6 is 11.3 Å². The Kier molecular flexibility index (Phi) is 3.69. The average molecular weight is 305 g/mol. The van der Waals surface area contributed by atoms with Crippen LogP contribution in [0, 0.1) is 0 Å². The maximum atomic E-state index is 6.00. The van der Waals surface area contributed by atoms with Crippen LogP contribution in [0.5, 0.6) is 0 Å². The third-order valence-corrected chi connectivity index (χ3v) is 4.91. The van der Waals surface area contributed by atoms with Gasteiger partial charge >= 0.3 is 0 Å². The molecule has 0 aliphatic carbocycles. The van der Waals surface area contributed by atoms with E-state index in [4.69, 9.17) is 9.57 Å². The second-order valence-corrected chi connectivity index (χ2v) is 6.19. The van der Waals surface area contributed by atoms with E-state index in [1.54, 1.807) is 11.3 Å². The second-order valence-electron chi connectivity index (χ2n) is 5.29. The van der Waals surface area contributed by atoms with Gasteiger partial charge in [-0.15, -0.1) is 11.3 Å². The predicted molar refractivity (Wildman–Crippen MR) is 84.6 cm³/mol. The molecule has 0 amide bonds. The van der Waals surface area contributed by atoms with E-state index >= 15 is 0 Å². The van der Waals surface area contributed by atoms with Gasteiger partial charge in [-0.25, -0.2) is 5.06 Å². The van der Waals surface area contributed by atoms with Gasteiger partial charge in [0.2, 0.25) is 0 Å². The third kappa shape index (κ3) is 2.60. The van der Waals surface area contributed by atoms with Gasteiger partial charge in [0.15, 0.2) is 0 Å². The van der Waals surface area contributed by atoms with Crippen LogP contribution in [0.1, 0.15) is 0 Å². The summed E-state index contributed by atoms with van der Waals surface area (Å²) >= 11 is 1.76. The molecule has 0 saturated carbocycles. The van der Waals surface area contributed by atoms with Gasteiger partial charge < -0.3 is 9.64 Å². The highest BCUT2D eigenvalue weighted by atomic mass is 32.1. The molecule has 5 nitrogen and oxygen atoms in total. The maximum Gasteiger partial charge on any atom is 0.122 e. The first-order valence-electron chi connectivity index (χ1n) is 7.37. The zero-order valence-corrected chi connectivity index (χ0v) is 12.7. The summed E-state index contributed by atoms with van der Waals surface area (Å²) in [6.45, 7) is 6.28. The van der Waals surface area contributed by atoms with Gasteiger partial charge in [0.25, 0.3) is 0 Å². The lowest BCUT2D eigenvalue weighted by molar-refractivity contribution is 0.0198. The van der Waals surface area contributed by atoms with E-state index in [1.807, 2.05) is 5.06 Å². The molecule has 1 saturated heterocycles. The fourth-order valence-corrected chi connectivity index (χ4v) is 3.75.